The van der Waals surface area contributed by atoms with Crippen LogP contribution < -0.4 is 5.32 Å². The Morgan fingerprint density at radius 2 is 1.66 bits per heavy atom. The molecule has 4 heteroatoms. The Morgan fingerprint density at radius 1 is 0.969 bits per heavy atom. The highest BCUT2D eigenvalue weighted by Crippen LogP contribution is 2.36. The van der Waals surface area contributed by atoms with Crippen molar-refractivity contribution in [2.24, 2.45) is 0 Å². The van der Waals surface area contributed by atoms with Crippen molar-refractivity contribution in [3.63, 3.8) is 0 Å². The average Bonchev–Trinajstić information content (AvgIpc) is 3.07. The number of rotatable bonds is 3. The lowest BCUT2D eigenvalue weighted by atomic mass is 9.80. The molecule has 0 radical (unpaired) electrons. The molecular weight excluding hydrogens is 396 g/mol. The summed E-state index contributed by atoms with van der Waals surface area (Å²) in [7, 11) is 0. The normalized spacial score (nSPS) is 16.1. The fourth-order valence-electron chi connectivity index (χ4n) is 4.56. The molecule has 0 aliphatic heterocycles. The molecule has 1 atom stereocenters. The van der Waals surface area contributed by atoms with E-state index in [-0.39, 0.29) is 23.0 Å². The molecule has 4 rings (SSSR count). The van der Waals surface area contributed by atoms with Gasteiger partial charge in [-0.25, -0.2) is 0 Å². The van der Waals surface area contributed by atoms with Crippen LogP contribution in [-0.4, -0.2) is 16.7 Å². The van der Waals surface area contributed by atoms with Crippen molar-refractivity contribution in [1.82, 2.24) is 4.98 Å². The van der Waals surface area contributed by atoms with Crippen LogP contribution in [0.5, 0.6) is 0 Å². The first-order chi connectivity index (χ1) is 15.0. The van der Waals surface area contributed by atoms with Gasteiger partial charge in [0.05, 0.1) is 0 Å². The lowest BCUT2D eigenvalue weighted by Gasteiger charge is -2.24. The zero-order chi connectivity index (χ0) is 23.2. The monoisotopic (exact) mass is 428 g/mol. The maximum atomic E-state index is 13.0. The van der Waals surface area contributed by atoms with Crippen LogP contribution in [0, 0.1) is 20.8 Å². The molecule has 1 aliphatic carbocycles. The molecular formula is C28H32N2O2. The van der Waals surface area contributed by atoms with E-state index in [4.69, 9.17) is 0 Å². The smallest absolute Gasteiger partial charge is 0.272 e. The Labute approximate surface area is 190 Å². The summed E-state index contributed by atoms with van der Waals surface area (Å²) < 4.78 is 0. The van der Waals surface area contributed by atoms with Gasteiger partial charge >= 0.3 is 0 Å². The number of nitrogens with one attached hydrogen (secondary N) is 2. The summed E-state index contributed by atoms with van der Waals surface area (Å²) in [4.78, 5) is 29.3. The standard InChI is InChI=1S/C28H32N2O2/c1-16-7-12-22(13-17(16)2)29-27(32)26-18(3)25-23(30-26)14-20(15-24(25)31)19-8-10-21(11-9-19)28(4,5)6/h7-13,20,30H,14-15H2,1-6H3,(H,29,32)/t20-/m1/s1. The number of aryl methyl sites for hydroxylation is 2. The number of H-pyrrole nitrogens is 1. The molecule has 0 saturated heterocycles. The Hall–Kier alpha value is -3.14. The van der Waals surface area contributed by atoms with Gasteiger partial charge in [0.1, 0.15) is 5.69 Å². The molecule has 1 amide bonds. The first-order valence-corrected chi connectivity index (χ1v) is 11.3. The van der Waals surface area contributed by atoms with Crippen LogP contribution in [0.25, 0.3) is 0 Å². The van der Waals surface area contributed by atoms with E-state index in [0.717, 1.165) is 28.9 Å². The maximum Gasteiger partial charge on any atom is 0.272 e. The van der Waals surface area contributed by atoms with Gasteiger partial charge in [-0.3, -0.25) is 9.59 Å². The topological polar surface area (TPSA) is 62.0 Å². The van der Waals surface area contributed by atoms with Crippen LogP contribution in [0.3, 0.4) is 0 Å². The van der Waals surface area contributed by atoms with Crippen molar-refractivity contribution in [2.45, 2.75) is 65.7 Å². The van der Waals surface area contributed by atoms with Crippen LogP contribution in [0.4, 0.5) is 5.69 Å². The van der Waals surface area contributed by atoms with Gasteiger partial charge in [-0.05, 0) is 78.5 Å². The summed E-state index contributed by atoms with van der Waals surface area (Å²) >= 11 is 0. The quantitative estimate of drug-likeness (QED) is 0.507. The molecule has 2 aromatic carbocycles. The van der Waals surface area contributed by atoms with E-state index >= 15 is 0 Å². The number of carbonyl (C=O) groups excluding carboxylic acids is 2. The maximum absolute atomic E-state index is 13.0. The highest BCUT2D eigenvalue weighted by Gasteiger charge is 2.32. The third-order valence-corrected chi connectivity index (χ3v) is 6.73. The Kier molecular flexibility index (Phi) is 5.58. The lowest BCUT2D eigenvalue weighted by Crippen LogP contribution is -2.19. The summed E-state index contributed by atoms with van der Waals surface area (Å²) in [6.45, 7) is 12.5. The number of carbonyl (C=O) groups is 2. The fraction of sp³-hybridized carbons (Fsp3) is 0.357. The summed E-state index contributed by atoms with van der Waals surface area (Å²) in [5.41, 5.74) is 8.40. The molecule has 1 aromatic heterocycles. The minimum Gasteiger partial charge on any atom is -0.354 e. The van der Waals surface area contributed by atoms with Crippen LogP contribution in [0.1, 0.15) is 87.5 Å². The number of ketones is 1. The van der Waals surface area contributed by atoms with Gasteiger partial charge in [0, 0.05) is 23.4 Å². The third-order valence-electron chi connectivity index (χ3n) is 6.73. The number of aromatic amines is 1. The van der Waals surface area contributed by atoms with Crippen molar-refractivity contribution >= 4 is 17.4 Å². The van der Waals surface area contributed by atoms with E-state index in [1.807, 2.05) is 39.0 Å². The SMILES string of the molecule is Cc1ccc(NC(=O)c2[nH]c3c(c2C)C(=O)C[C@H](c2ccc(C(C)(C)C)cc2)C3)cc1C. The molecule has 0 bridgehead atoms. The van der Waals surface area contributed by atoms with Gasteiger partial charge in [-0.2, -0.15) is 0 Å². The second-order valence-corrected chi connectivity index (χ2v) is 10.1. The molecule has 166 valence electrons. The predicted molar refractivity (Wildman–Crippen MR) is 130 cm³/mol. The molecule has 32 heavy (non-hydrogen) atoms. The van der Waals surface area contributed by atoms with E-state index in [2.05, 4.69) is 55.3 Å². The number of Topliss-reactive ketones (excluding diaryl/α,β-unsaturated/α-hetero) is 1. The Morgan fingerprint density at radius 3 is 2.28 bits per heavy atom. The van der Waals surface area contributed by atoms with Gasteiger partial charge in [0.2, 0.25) is 0 Å². The molecule has 1 aliphatic rings. The number of anilines is 1. The lowest BCUT2D eigenvalue weighted by molar-refractivity contribution is 0.0963. The summed E-state index contributed by atoms with van der Waals surface area (Å²) in [5.74, 6) is 0.0203. The largest absolute Gasteiger partial charge is 0.354 e. The number of hydrogen-bond donors (Lipinski definition) is 2. The van der Waals surface area contributed by atoms with Gasteiger partial charge in [0.15, 0.2) is 5.78 Å². The summed E-state index contributed by atoms with van der Waals surface area (Å²) in [6, 6.07) is 14.5. The summed E-state index contributed by atoms with van der Waals surface area (Å²) in [6.07, 6.45) is 1.20. The highest BCUT2D eigenvalue weighted by atomic mass is 16.2. The van der Waals surface area contributed by atoms with Crippen molar-refractivity contribution in [3.8, 4) is 0 Å². The number of hydrogen-bond acceptors (Lipinski definition) is 2. The van der Waals surface area contributed by atoms with Crippen molar-refractivity contribution in [2.75, 3.05) is 5.32 Å². The zero-order valence-corrected chi connectivity index (χ0v) is 19.8. The number of amides is 1. The minimum absolute atomic E-state index is 0.100. The summed E-state index contributed by atoms with van der Waals surface area (Å²) in [5, 5.41) is 2.97. The first-order valence-electron chi connectivity index (χ1n) is 11.3. The van der Waals surface area contributed by atoms with E-state index in [1.165, 1.54) is 16.7 Å². The molecule has 3 aromatic rings. The second-order valence-electron chi connectivity index (χ2n) is 10.1. The molecule has 0 fully saturated rings. The minimum atomic E-state index is -0.209. The predicted octanol–water partition coefficient (Wildman–Crippen LogP) is 6.40. The fourth-order valence-corrected chi connectivity index (χ4v) is 4.56. The molecule has 1 heterocycles. The van der Waals surface area contributed by atoms with Crippen molar-refractivity contribution in [3.05, 3.63) is 87.2 Å². The second kappa shape index (κ2) is 8.09. The number of fused-ring (bicyclic) bond motifs is 1. The third kappa shape index (κ3) is 4.14. The van der Waals surface area contributed by atoms with Crippen molar-refractivity contribution in [1.29, 1.82) is 0 Å². The first kappa shape index (κ1) is 22.1. The van der Waals surface area contributed by atoms with E-state index in [1.54, 1.807) is 0 Å². The average molecular weight is 429 g/mol. The highest BCUT2D eigenvalue weighted by molar-refractivity contribution is 6.08. The van der Waals surface area contributed by atoms with Crippen LogP contribution in [-0.2, 0) is 11.8 Å². The van der Waals surface area contributed by atoms with Gasteiger partial charge < -0.3 is 10.3 Å². The van der Waals surface area contributed by atoms with E-state index in [9.17, 15) is 9.59 Å². The van der Waals surface area contributed by atoms with Crippen LogP contribution >= 0.6 is 0 Å². The molecule has 2 N–H and O–H groups in total. The molecule has 0 spiro atoms. The zero-order valence-electron chi connectivity index (χ0n) is 19.8. The molecule has 0 unspecified atom stereocenters. The number of aromatic nitrogens is 1. The number of benzene rings is 2. The Balaban J connectivity index is 1.58. The van der Waals surface area contributed by atoms with Crippen LogP contribution in [0.2, 0.25) is 0 Å². The van der Waals surface area contributed by atoms with E-state index < -0.39 is 0 Å². The van der Waals surface area contributed by atoms with Gasteiger partial charge in [-0.1, -0.05) is 51.1 Å². The molecule has 4 nitrogen and oxygen atoms in total. The molecule has 0 saturated carbocycles. The van der Waals surface area contributed by atoms with E-state index in [0.29, 0.717) is 17.7 Å². The Bertz CT molecular complexity index is 1190. The van der Waals surface area contributed by atoms with Crippen LogP contribution in [0.15, 0.2) is 42.5 Å². The van der Waals surface area contributed by atoms with Gasteiger partial charge in [-0.15, -0.1) is 0 Å². The van der Waals surface area contributed by atoms with Gasteiger partial charge in [0.25, 0.3) is 5.91 Å². The van der Waals surface area contributed by atoms with Crippen molar-refractivity contribution < 1.29 is 9.59 Å².